The molecule has 1 aromatic heterocycles. The number of methoxy groups -OCH3 is 1. The lowest BCUT2D eigenvalue weighted by Crippen LogP contribution is -2.34. The Balaban J connectivity index is 1.62. The molecule has 2 heterocycles. The molecule has 6 heteroatoms. The standard InChI is InChI=1S/C22H24N2O3S/c1-15-4-6-19(12-16(15)2)28(25,26)24-10-8-17(9-11-24)21-14-23-22-7-5-18(27-3)13-20(21)22/h4-8,12-14,23H,9-11H2,1-3H3. The Morgan fingerprint density at radius 1 is 1.07 bits per heavy atom. The number of aryl methyl sites for hydroxylation is 2. The number of nitrogens with one attached hydrogen (secondary N) is 1. The van der Waals surface area contributed by atoms with E-state index >= 15 is 0 Å². The number of aromatic amines is 1. The Hall–Kier alpha value is -2.57. The second-order valence-corrected chi connectivity index (χ2v) is 9.14. The number of hydrogen-bond acceptors (Lipinski definition) is 3. The summed E-state index contributed by atoms with van der Waals surface area (Å²) >= 11 is 0. The first-order chi connectivity index (χ1) is 13.4. The van der Waals surface area contributed by atoms with Crippen LogP contribution in [-0.2, 0) is 10.0 Å². The zero-order valence-corrected chi connectivity index (χ0v) is 17.1. The Labute approximate surface area is 165 Å². The zero-order valence-electron chi connectivity index (χ0n) is 16.3. The number of nitrogens with zero attached hydrogens (tertiary/aromatic N) is 1. The van der Waals surface area contributed by atoms with Gasteiger partial charge in [0.25, 0.3) is 0 Å². The fourth-order valence-electron chi connectivity index (χ4n) is 3.63. The number of H-pyrrole nitrogens is 1. The topological polar surface area (TPSA) is 62.4 Å². The molecule has 0 aliphatic carbocycles. The van der Waals surface area contributed by atoms with E-state index < -0.39 is 10.0 Å². The molecule has 0 radical (unpaired) electrons. The van der Waals surface area contributed by atoms with Gasteiger partial charge in [0.1, 0.15) is 5.75 Å². The second-order valence-electron chi connectivity index (χ2n) is 7.20. The molecule has 146 valence electrons. The molecule has 0 saturated carbocycles. The van der Waals surface area contributed by atoms with Gasteiger partial charge >= 0.3 is 0 Å². The van der Waals surface area contributed by atoms with Crippen molar-refractivity contribution in [3.05, 3.63) is 65.4 Å². The monoisotopic (exact) mass is 396 g/mol. The van der Waals surface area contributed by atoms with Gasteiger partial charge in [-0.2, -0.15) is 4.31 Å². The van der Waals surface area contributed by atoms with E-state index in [2.05, 4.69) is 4.98 Å². The predicted octanol–water partition coefficient (Wildman–Crippen LogP) is 4.27. The van der Waals surface area contributed by atoms with Crippen LogP contribution < -0.4 is 4.74 Å². The molecule has 1 aliphatic rings. The van der Waals surface area contributed by atoms with Gasteiger partial charge < -0.3 is 9.72 Å². The molecule has 5 nitrogen and oxygen atoms in total. The Kier molecular flexibility index (Phi) is 4.77. The third-order valence-electron chi connectivity index (χ3n) is 5.52. The van der Waals surface area contributed by atoms with Crippen LogP contribution in [0.15, 0.2) is 53.6 Å². The summed E-state index contributed by atoms with van der Waals surface area (Å²) in [5.41, 5.74) is 5.39. The molecule has 0 saturated heterocycles. The first-order valence-electron chi connectivity index (χ1n) is 9.32. The largest absolute Gasteiger partial charge is 0.497 e. The molecule has 0 spiro atoms. The van der Waals surface area contributed by atoms with Crippen molar-refractivity contribution in [3.63, 3.8) is 0 Å². The van der Waals surface area contributed by atoms with Crippen molar-refractivity contribution < 1.29 is 13.2 Å². The average molecular weight is 397 g/mol. The summed E-state index contributed by atoms with van der Waals surface area (Å²) < 4.78 is 32.9. The lowest BCUT2D eigenvalue weighted by atomic mass is 9.99. The van der Waals surface area contributed by atoms with Crippen LogP contribution in [0.1, 0.15) is 23.1 Å². The molecule has 1 N–H and O–H groups in total. The number of ether oxygens (including phenoxy) is 1. The quantitative estimate of drug-likeness (QED) is 0.716. The van der Waals surface area contributed by atoms with E-state index in [-0.39, 0.29) is 0 Å². The summed E-state index contributed by atoms with van der Waals surface area (Å²) in [6, 6.07) is 11.3. The van der Waals surface area contributed by atoms with Gasteiger partial charge in [-0.05, 0) is 67.3 Å². The molecular formula is C22H24N2O3S. The predicted molar refractivity (Wildman–Crippen MR) is 112 cm³/mol. The van der Waals surface area contributed by atoms with Crippen LogP contribution in [0.2, 0.25) is 0 Å². The molecule has 0 fully saturated rings. The molecule has 1 aliphatic heterocycles. The number of benzene rings is 2. The van der Waals surface area contributed by atoms with Gasteiger partial charge in [-0.1, -0.05) is 12.1 Å². The normalized spacial score (nSPS) is 15.6. The van der Waals surface area contributed by atoms with Crippen LogP contribution in [0.25, 0.3) is 16.5 Å². The second kappa shape index (κ2) is 7.11. The van der Waals surface area contributed by atoms with Gasteiger partial charge in [0, 0.05) is 35.8 Å². The Bertz CT molecular complexity index is 1180. The summed E-state index contributed by atoms with van der Waals surface area (Å²) in [6.07, 6.45) is 4.68. The van der Waals surface area contributed by atoms with E-state index in [9.17, 15) is 8.42 Å². The van der Waals surface area contributed by atoms with Gasteiger partial charge in [0.15, 0.2) is 0 Å². The van der Waals surface area contributed by atoms with Crippen molar-refractivity contribution in [2.45, 2.75) is 25.2 Å². The highest BCUT2D eigenvalue weighted by Crippen LogP contribution is 2.32. The Morgan fingerprint density at radius 2 is 1.89 bits per heavy atom. The van der Waals surface area contributed by atoms with Crippen molar-refractivity contribution in [2.24, 2.45) is 0 Å². The van der Waals surface area contributed by atoms with E-state index in [0.29, 0.717) is 24.4 Å². The van der Waals surface area contributed by atoms with Crippen molar-refractivity contribution in [1.29, 1.82) is 0 Å². The van der Waals surface area contributed by atoms with Crippen LogP contribution in [0.5, 0.6) is 5.75 Å². The van der Waals surface area contributed by atoms with E-state index in [0.717, 1.165) is 38.9 Å². The molecule has 0 atom stereocenters. The molecule has 0 amide bonds. The van der Waals surface area contributed by atoms with Crippen LogP contribution in [0.3, 0.4) is 0 Å². The van der Waals surface area contributed by atoms with Crippen molar-refractivity contribution in [1.82, 2.24) is 9.29 Å². The summed E-state index contributed by atoms with van der Waals surface area (Å²) in [4.78, 5) is 3.65. The molecular weight excluding hydrogens is 372 g/mol. The molecule has 0 bridgehead atoms. The summed E-state index contributed by atoms with van der Waals surface area (Å²) in [5.74, 6) is 0.809. The minimum absolute atomic E-state index is 0.365. The number of sulfonamides is 1. The molecule has 2 aromatic carbocycles. The highest BCUT2D eigenvalue weighted by molar-refractivity contribution is 7.89. The van der Waals surface area contributed by atoms with Crippen molar-refractivity contribution in [3.8, 4) is 5.75 Å². The van der Waals surface area contributed by atoms with E-state index in [1.54, 1.807) is 23.5 Å². The molecule has 4 rings (SSSR count). The first-order valence-corrected chi connectivity index (χ1v) is 10.8. The van der Waals surface area contributed by atoms with Gasteiger partial charge in [0.2, 0.25) is 10.0 Å². The summed E-state index contributed by atoms with van der Waals surface area (Å²) in [7, 11) is -1.83. The number of fused-ring (bicyclic) bond motifs is 1. The van der Waals surface area contributed by atoms with E-state index in [4.69, 9.17) is 4.74 Å². The minimum atomic E-state index is -3.49. The van der Waals surface area contributed by atoms with Crippen LogP contribution in [0.4, 0.5) is 0 Å². The zero-order chi connectivity index (χ0) is 19.9. The van der Waals surface area contributed by atoms with Crippen molar-refractivity contribution >= 4 is 26.5 Å². The van der Waals surface area contributed by atoms with Gasteiger partial charge in [-0.3, -0.25) is 0 Å². The SMILES string of the molecule is COc1ccc2[nH]cc(C3=CCN(S(=O)(=O)c4ccc(C)c(C)c4)CC3)c2c1. The highest BCUT2D eigenvalue weighted by Gasteiger charge is 2.27. The average Bonchev–Trinajstić information content (AvgIpc) is 3.13. The maximum absolute atomic E-state index is 13.0. The maximum atomic E-state index is 13.0. The van der Waals surface area contributed by atoms with Crippen LogP contribution >= 0.6 is 0 Å². The smallest absolute Gasteiger partial charge is 0.243 e. The van der Waals surface area contributed by atoms with Gasteiger partial charge in [0.05, 0.1) is 12.0 Å². The third-order valence-corrected chi connectivity index (χ3v) is 7.38. The third kappa shape index (κ3) is 3.23. The van der Waals surface area contributed by atoms with Gasteiger partial charge in [-0.15, -0.1) is 0 Å². The van der Waals surface area contributed by atoms with E-state index in [1.807, 2.05) is 50.4 Å². The number of hydrogen-bond donors (Lipinski definition) is 1. The maximum Gasteiger partial charge on any atom is 0.243 e. The summed E-state index contributed by atoms with van der Waals surface area (Å²) in [5, 5.41) is 1.09. The lowest BCUT2D eigenvalue weighted by molar-refractivity contribution is 0.415. The molecule has 0 unspecified atom stereocenters. The molecule has 3 aromatic rings. The summed E-state index contributed by atoms with van der Waals surface area (Å²) in [6.45, 7) is 4.77. The minimum Gasteiger partial charge on any atom is -0.497 e. The van der Waals surface area contributed by atoms with Crippen LogP contribution in [-0.4, -0.2) is 37.9 Å². The van der Waals surface area contributed by atoms with E-state index in [1.165, 1.54) is 0 Å². The van der Waals surface area contributed by atoms with Crippen LogP contribution in [0, 0.1) is 13.8 Å². The number of rotatable bonds is 4. The fraction of sp³-hybridized carbons (Fsp3) is 0.273. The van der Waals surface area contributed by atoms with Gasteiger partial charge in [-0.25, -0.2) is 8.42 Å². The lowest BCUT2D eigenvalue weighted by Gasteiger charge is -2.26. The fourth-order valence-corrected chi connectivity index (χ4v) is 5.10. The first kappa shape index (κ1) is 18.8. The number of aromatic nitrogens is 1. The highest BCUT2D eigenvalue weighted by atomic mass is 32.2. The Morgan fingerprint density at radius 3 is 2.57 bits per heavy atom. The molecule has 28 heavy (non-hydrogen) atoms. The van der Waals surface area contributed by atoms with Crippen molar-refractivity contribution in [2.75, 3.05) is 20.2 Å².